The Morgan fingerprint density at radius 3 is 2.62 bits per heavy atom. The summed E-state index contributed by atoms with van der Waals surface area (Å²) in [4.78, 5) is 0. The number of rotatable bonds is 5. The Kier molecular flexibility index (Phi) is 5.77. The highest BCUT2D eigenvalue weighted by Gasteiger charge is 2.19. The van der Waals surface area contributed by atoms with Crippen molar-refractivity contribution in [1.29, 1.82) is 0 Å². The molecule has 0 spiro atoms. The molecule has 2 N–H and O–H groups in total. The number of halogens is 1. The Labute approximate surface area is 148 Å². The summed E-state index contributed by atoms with van der Waals surface area (Å²) >= 11 is 6.29. The Hall–Kier alpha value is -1.55. The predicted octanol–water partition coefficient (Wildman–Crippen LogP) is 4.58. The third-order valence-electron chi connectivity index (χ3n) is 4.65. The van der Waals surface area contributed by atoms with Crippen molar-refractivity contribution in [2.75, 3.05) is 13.7 Å². The number of nitrogens with one attached hydrogen (secondary N) is 1. The normalized spacial score (nSPS) is 19.0. The first-order chi connectivity index (χ1) is 11.7. The summed E-state index contributed by atoms with van der Waals surface area (Å²) in [6.07, 6.45) is 3.81. The average molecular weight is 346 g/mol. The van der Waals surface area contributed by atoms with Crippen molar-refractivity contribution in [3.63, 3.8) is 0 Å². The maximum Gasteiger partial charge on any atom is 0.118 e. The van der Waals surface area contributed by atoms with E-state index in [2.05, 4.69) is 5.32 Å². The van der Waals surface area contributed by atoms with Gasteiger partial charge in [0.1, 0.15) is 5.75 Å². The minimum absolute atomic E-state index is 0.386. The van der Waals surface area contributed by atoms with Crippen LogP contribution < -0.4 is 10.1 Å². The Morgan fingerprint density at radius 1 is 1.17 bits per heavy atom. The second kappa shape index (κ2) is 8.02. The zero-order chi connectivity index (χ0) is 16.9. The standard InChI is InChI=1S/C20H24ClNO2/c1-24-19-7-5-14(6-8-19)15-10-16(12-17(21)11-15)20(23)13-18-4-2-3-9-22-18/h5-8,10-12,18,20,22-23H,2-4,9,13H2,1H3. The van der Waals surface area contributed by atoms with Crippen LogP contribution in [0.15, 0.2) is 42.5 Å². The van der Waals surface area contributed by atoms with Crippen molar-refractivity contribution < 1.29 is 9.84 Å². The molecule has 1 saturated heterocycles. The van der Waals surface area contributed by atoms with Gasteiger partial charge >= 0.3 is 0 Å². The van der Waals surface area contributed by atoms with E-state index in [-0.39, 0.29) is 0 Å². The van der Waals surface area contributed by atoms with Crippen molar-refractivity contribution in [3.8, 4) is 16.9 Å². The van der Waals surface area contributed by atoms with Gasteiger partial charge in [-0.1, -0.05) is 30.2 Å². The molecular formula is C20H24ClNO2. The lowest BCUT2D eigenvalue weighted by molar-refractivity contribution is 0.144. The number of methoxy groups -OCH3 is 1. The van der Waals surface area contributed by atoms with Gasteiger partial charge < -0.3 is 15.2 Å². The first kappa shape index (κ1) is 17.3. The van der Waals surface area contributed by atoms with Crippen molar-refractivity contribution in [2.45, 2.75) is 37.8 Å². The molecule has 24 heavy (non-hydrogen) atoms. The smallest absolute Gasteiger partial charge is 0.118 e. The minimum Gasteiger partial charge on any atom is -0.497 e. The molecule has 1 heterocycles. The van der Waals surface area contributed by atoms with Crippen molar-refractivity contribution in [2.24, 2.45) is 0 Å². The van der Waals surface area contributed by atoms with Gasteiger partial charge in [-0.3, -0.25) is 0 Å². The van der Waals surface area contributed by atoms with E-state index >= 15 is 0 Å². The van der Waals surface area contributed by atoms with Crippen LogP contribution in [0.5, 0.6) is 5.75 Å². The van der Waals surface area contributed by atoms with Crippen LogP contribution in [-0.4, -0.2) is 24.8 Å². The summed E-state index contributed by atoms with van der Waals surface area (Å²) in [6.45, 7) is 1.05. The van der Waals surface area contributed by atoms with Crippen LogP contribution in [0.25, 0.3) is 11.1 Å². The third-order valence-corrected chi connectivity index (χ3v) is 4.87. The van der Waals surface area contributed by atoms with Gasteiger partial charge in [0.2, 0.25) is 0 Å². The highest BCUT2D eigenvalue weighted by Crippen LogP contribution is 2.31. The second-order valence-corrected chi connectivity index (χ2v) is 6.84. The molecule has 1 aliphatic rings. The van der Waals surface area contributed by atoms with Gasteiger partial charge in [0, 0.05) is 11.1 Å². The summed E-state index contributed by atoms with van der Waals surface area (Å²) in [5.41, 5.74) is 2.94. The molecule has 0 bridgehead atoms. The summed E-state index contributed by atoms with van der Waals surface area (Å²) in [7, 11) is 1.65. The van der Waals surface area contributed by atoms with Gasteiger partial charge in [0.15, 0.2) is 0 Å². The highest BCUT2D eigenvalue weighted by molar-refractivity contribution is 6.31. The molecule has 4 heteroatoms. The van der Waals surface area contributed by atoms with E-state index in [1.54, 1.807) is 7.11 Å². The minimum atomic E-state index is -0.503. The Morgan fingerprint density at radius 2 is 1.96 bits per heavy atom. The van der Waals surface area contributed by atoms with E-state index in [4.69, 9.17) is 16.3 Å². The van der Waals surface area contributed by atoms with Crippen LogP contribution in [0.4, 0.5) is 0 Å². The number of aliphatic hydroxyl groups excluding tert-OH is 1. The van der Waals surface area contributed by atoms with Gasteiger partial charge in [-0.05, 0) is 72.8 Å². The molecule has 2 atom stereocenters. The van der Waals surface area contributed by atoms with Crippen LogP contribution in [0.2, 0.25) is 5.02 Å². The van der Waals surface area contributed by atoms with Crippen LogP contribution in [0, 0.1) is 0 Å². The fourth-order valence-corrected chi connectivity index (χ4v) is 3.53. The van der Waals surface area contributed by atoms with E-state index in [1.807, 2.05) is 42.5 Å². The van der Waals surface area contributed by atoms with E-state index in [1.165, 1.54) is 12.8 Å². The molecule has 128 valence electrons. The third kappa shape index (κ3) is 4.29. The molecule has 0 radical (unpaired) electrons. The largest absolute Gasteiger partial charge is 0.497 e. The zero-order valence-corrected chi connectivity index (χ0v) is 14.7. The molecule has 0 saturated carbocycles. The molecule has 0 amide bonds. The molecule has 3 rings (SSSR count). The molecule has 1 fully saturated rings. The van der Waals surface area contributed by atoms with Gasteiger partial charge in [0.25, 0.3) is 0 Å². The van der Waals surface area contributed by atoms with Gasteiger partial charge in [0.05, 0.1) is 13.2 Å². The van der Waals surface area contributed by atoms with Gasteiger partial charge in [-0.25, -0.2) is 0 Å². The summed E-state index contributed by atoms with van der Waals surface area (Å²) in [5.74, 6) is 0.824. The lowest BCUT2D eigenvalue weighted by Gasteiger charge is -2.26. The molecule has 2 aromatic carbocycles. The monoisotopic (exact) mass is 345 g/mol. The fourth-order valence-electron chi connectivity index (χ4n) is 3.29. The molecule has 2 unspecified atom stereocenters. The first-order valence-electron chi connectivity index (χ1n) is 8.52. The summed E-state index contributed by atoms with van der Waals surface area (Å²) in [6, 6.07) is 14.1. The topological polar surface area (TPSA) is 41.5 Å². The first-order valence-corrected chi connectivity index (χ1v) is 8.90. The number of piperidine rings is 1. The molecule has 3 nitrogen and oxygen atoms in total. The van der Waals surface area contributed by atoms with E-state index in [9.17, 15) is 5.11 Å². The molecule has 1 aliphatic heterocycles. The number of benzene rings is 2. The summed E-state index contributed by atoms with van der Waals surface area (Å²) in [5, 5.41) is 14.8. The highest BCUT2D eigenvalue weighted by atomic mass is 35.5. The maximum atomic E-state index is 10.6. The number of ether oxygens (including phenoxy) is 1. The van der Waals surface area contributed by atoms with Crippen molar-refractivity contribution in [1.82, 2.24) is 5.32 Å². The van der Waals surface area contributed by atoms with Gasteiger partial charge in [-0.15, -0.1) is 0 Å². The maximum absolute atomic E-state index is 10.6. The number of hydrogen-bond acceptors (Lipinski definition) is 3. The number of hydrogen-bond donors (Lipinski definition) is 2. The molecular weight excluding hydrogens is 322 g/mol. The van der Waals surface area contributed by atoms with Crippen LogP contribution >= 0.6 is 11.6 Å². The van der Waals surface area contributed by atoms with Crippen LogP contribution in [-0.2, 0) is 0 Å². The van der Waals surface area contributed by atoms with Crippen molar-refractivity contribution >= 4 is 11.6 Å². The molecule has 2 aromatic rings. The lowest BCUT2D eigenvalue weighted by Crippen LogP contribution is -2.35. The Bertz CT molecular complexity index is 666. The lowest BCUT2D eigenvalue weighted by atomic mass is 9.94. The Balaban J connectivity index is 1.79. The molecule has 0 aliphatic carbocycles. The summed E-state index contributed by atoms with van der Waals surface area (Å²) < 4.78 is 5.20. The van der Waals surface area contributed by atoms with E-state index in [0.717, 1.165) is 41.8 Å². The van der Waals surface area contributed by atoms with E-state index in [0.29, 0.717) is 11.1 Å². The number of aliphatic hydroxyl groups is 1. The second-order valence-electron chi connectivity index (χ2n) is 6.40. The van der Waals surface area contributed by atoms with Crippen LogP contribution in [0.1, 0.15) is 37.4 Å². The average Bonchev–Trinajstić information content (AvgIpc) is 2.62. The predicted molar refractivity (Wildman–Crippen MR) is 98.7 cm³/mol. The van der Waals surface area contributed by atoms with Crippen molar-refractivity contribution in [3.05, 3.63) is 53.1 Å². The quantitative estimate of drug-likeness (QED) is 0.833. The van der Waals surface area contributed by atoms with Gasteiger partial charge in [-0.2, -0.15) is 0 Å². The SMILES string of the molecule is COc1ccc(-c2cc(Cl)cc(C(O)CC3CCCCN3)c2)cc1. The van der Waals surface area contributed by atoms with Crippen LogP contribution in [0.3, 0.4) is 0 Å². The molecule has 0 aromatic heterocycles. The fraction of sp³-hybridized carbons (Fsp3) is 0.400. The van der Waals surface area contributed by atoms with E-state index < -0.39 is 6.10 Å². The zero-order valence-electron chi connectivity index (χ0n) is 14.0.